The molecule has 142 valence electrons. The van der Waals surface area contributed by atoms with Crippen LogP contribution in [0.2, 0.25) is 0 Å². The zero-order valence-electron chi connectivity index (χ0n) is 15.4. The topological polar surface area (TPSA) is 80.5 Å². The lowest BCUT2D eigenvalue weighted by molar-refractivity contribution is -0.150. The summed E-state index contributed by atoms with van der Waals surface area (Å²) in [6.45, 7) is 4.73. The van der Waals surface area contributed by atoms with E-state index in [2.05, 4.69) is 0 Å². The summed E-state index contributed by atoms with van der Waals surface area (Å²) in [5.74, 6) is -1.41. The van der Waals surface area contributed by atoms with Crippen molar-refractivity contribution in [3.63, 3.8) is 0 Å². The van der Waals surface area contributed by atoms with Crippen LogP contribution in [0.3, 0.4) is 0 Å². The molecule has 7 heteroatoms. The monoisotopic (exact) mass is 387 g/mol. The van der Waals surface area contributed by atoms with Crippen LogP contribution in [0.4, 0.5) is 0 Å². The maximum Gasteiger partial charge on any atom is 0.337 e. The molecule has 1 heterocycles. The van der Waals surface area contributed by atoms with Crippen LogP contribution in [-0.4, -0.2) is 36.6 Å². The summed E-state index contributed by atoms with van der Waals surface area (Å²) in [4.78, 5) is 25.3. The number of esters is 1. The minimum Gasteiger partial charge on any atom is -0.464 e. The fourth-order valence-electron chi connectivity index (χ4n) is 3.37. The van der Waals surface area contributed by atoms with Crippen LogP contribution in [-0.2, 0) is 24.3 Å². The smallest absolute Gasteiger partial charge is 0.337 e. The van der Waals surface area contributed by atoms with Gasteiger partial charge in [0, 0.05) is 0 Å². The molecule has 0 radical (unpaired) electrons. The number of sulfonamides is 1. The van der Waals surface area contributed by atoms with Crippen molar-refractivity contribution in [2.24, 2.45) is 0 Å². The van der Waals surface area contributed by atoms with Crippen LogP contribution in [0.25, 0.3) is 0 Å². The average molecular weight is 387 g/mol. The Morgan fingerprint density at radius 2 is 1.67 bits per heavy atom. The molecule has 3 atom stereocenters. The highest BCUT2D eigenvalue weighted by Crippen LogP contribution is 2.58. The Hall–Kier alpha value is -2.51. The number of ketones is 1. The van der Waals surface area contributed by atoms with Gasteiger partial charge < -0.3 is 4.74 Å². The normalized spacial score (nSPS) is 24.3. The van der Waals surface area contributed by atoms with E-state index in [0.29, 0.717) is 5.56 Å². The van der Waals surface area contributed by atoms with Gasteiger partial charge in [0.05, 0.1) is 17.5 Å². The predicted molar refractivity (Wildman–Crippen MR) is 99.4 cm³/mol. The summed E-state index contributed by atoms with van der Waals surface area (Å²) in [6, 6.07) is 14.0. The summed E-state index contributed by atoms with van der Waals surface area (Å²) in [5.41, 5.74) is -0.403. The van der Waals surface area contributed by atoms with Crippen LogP contribution in [0.15, 0.2) is 59.5 Å². The minimum absolute atomic E-state index is 0.0291. The first kappa shape index (κ1) is 19.3. The highest BCUT2D eigenvalue weighted by molar-refractivity contribution is 7.89. The van der Waals surface area contributed by atoms with Crippen LogP contribution in [0.5, 0.6) is 0 Å². The van der Waals surface area contributed by atoms with Crippen LogP contribution >= 0.6 is 0 Å². The molecular weight excluding hydrogens is 366 g/mol. The molecule has 0 aliphatic carbocycles. The molecule has 2 aromatic rings. The fraction of sp³-hybridized carbons (Fsp3) is 0.300. The van der Waals surface area contributed by atoms with Gasteiger partial charge in [-0.25, -0.2) is 13.2 Å². The number of hydrogen-bond acceptors (Lipinski definition) is 5. The maximum absolute atomic E-state index is 13.3. The van der Waals surface area contributed by atoms with Gasteiger partial charge in [0.15, 0.2) is 5.78 Å². The number of carbonyl (C=O) groups excluding carboxylic acids is 2. The number of hydrogen-bond donors (Lipinski definition) is 0. The van der Waals surface area contributed by atoms with Crippen LogP contribution in [0.1, 0.15) is 31.0 Å². The van der Waals surface area contributed by atoms with E-state index in [4.69, 9.17) is 4.74 Å². The van der Waals surface area contributed by atoms with Gasteiger partial charge in [-0.15, -0.1) is 0 Å². The molecule has 0 bridgehead atoms. The second-order valence-corrected chi connectivity index (χ2v) is 8.29. The van der Waals surface area contributed by atoms with Gasteiger partial charge >= 0.3 is 5.97 Å². The number of Topliss-reactive ketones (excluding diaryl/α,β-unsaturated/α-hetero) is 1. The van der Waals surface area contributed by atoms with Crippen LogP contribution < -0.4 is 0 Å². The van der Waals surface area contributed by atoms with E-state index >= 15 is 0 Å². The van der Waals surface area contributed by atoms with E-state index < -0.39 is 33.4 Å². The quantitative estimate of drug-likeness (QED) is 0.432. The number of rotatable bonds is 6. The first-order valence-electron chi connectivity index (χ1n) is 8.62. The van der Waals surface area contributed by atoms with Crippen molar-refractivity contribution in [3.8, 4) is 0 Å². The lowest BCUT2D eigenvalue weighted by atomic mass is 9.96. The standard InChI is InChI=1S/C20H21NO5S/c1-4-26-19(23)20(15(3)22)18(16-8-6-5-7-9-16)21(20)27(24,25)17-12-10-14(2)11-13-17/h5-13,18H,4H2,1-3H3. The highest BCUT2D eigenvalue weighted by atomic mass is 32.2. The van der Waals surface area contributed by atoms with E-state index in [0.717, 1.165) is 9.87 Å². The van der Waals surface area contributed by atoms with Crippen LogP contribution in [0, 0.1) is 6.92 Å². The number of carbonyl (C=O) groups is 2. The second kappa shape index (κ2) is 6.90. The Balaban J connectivity index is 2.17. The predicted octanol–water partition coefficient (Wildman–Crippen LogP) is 2.63. The van der Waals surface area contributed by atoms with Crippen molar-refractivity contribution >= 4 is 21.8 Å². The molecule has 0 amide bonds. The molecule has 1 fully saturated rings. The van der Waals surface area contributed by atoms with E-state index in [1.54, 1.807) is 49.4 Å². The Labute approximate surface area is 158 Å². The third-order valence-corrected chi connectivity index (χ3v) is 6.61. The lowest BCUT2D eigenvalue weighted by Gasteiger charge is -2.13. The molecule has 0 aromatic heterocycles. The Morgan fingerprint density at radius 1 is 1.07 bits per heavy atom. The SMILES string of the molecule is CCOC(=O)C1(C(C)=O)C(c2ccccc2)N1S(=O)(=O)c1ccc(C)cc1. The molecule has 6 nitrogen and oxygen atoms in total. The van der Waals surface area contributed by atoms with Crippen molar-refractivity contribution in [2.45, 2.75) is 37.2 Å². The summed E-state index contributed by atoms with van der Waals surface area (Å²) in [7, 11) is -4.08. The number of benzene rings is 2. The first-order valence-corrected chi connectivity index (χ1v) is 10.1. The third-order valence-electron chi connectivity index (χ3n) is 4.73. The maximum atomic E-state index is 13.3. The Morgan fingerprint density at radius 3 is 2.19 bits per heavy atom. The molecule has 0 saturated carbocycles. The summed E-state index contributed by atoms with van der Waals surface area (Å²) in [6.07, 6.45) is 0. The molecule has 3 rings (SSSR count). The van der Waals surface area contributed by atoms with Crippen molar-refractivity contribution in [3.05, 3.63) is 65.7 Å². The Bertz CT molecular complexity index is 969. The number of aryl methyl sites for hydroxylation is 1. The van der Waals surface area contributed by atoms with Crippen molar-refractivity contribution in [1.82, 2.24) is 4.31 Å². The Kier molecular flexibility index (Phi) is 4.92. The van der Waals surface area contributed by atoms with E-state index in [1.165, 1.54) is 19.1 Å². The molecule has 27 heavy (non-hydrogen) atoms. The summed E-state index contributed by atoms with van der Waals surface area (Å²) < 4.78 is 32.6. The van der Waals surface area contributed by atoms with Crippen molar-refractivity contribution in [1.29, 1.82) is 0 Å². The van der Waals surface area contributed by atoms with Crippen molar-refractivity contribution < 1.29 is 22.7 Å². The highest BCUT2D eigenvalue weighted by Gasteiger charge is 2.77. The molecule has 0 spiro atoms. The van der Waals surface area contributed by atoms with Crippen molar-refractivity contribution in [2.75, 3.05) is 6.61 Å². The molecular formula is C20H21NO5S. The summed E-state index contributed by atoms with van der Waals surface area (Å²) >= 11 is 0. The van der Waals surface area contributed by atoms with E-state index in [9.17, 15) is 18.0 Å². The fourth-order valence-corrected chi connectivity index (χ4v) is 5.26. The van der Waals surface area contributed by atoms with Gasteiger partial charge in [0.2, 0.25) is 15.6 Å². The van der Waals surface area contributed by atoms with Gasteiger partial charge in [-0.2, -0.15) is 4.31 Å². The number of ether oxygens (including phenoxy) is 1. The molecule has 1 saturated heterocycles. The van der Waals surface area contributed by atoms with Gasteiger partial charge in [-0.05, 0) is 38.5 Å². The second-order valence-electron chi connectivity index (χ2n) is 6.47. The zero-order valence-corrected chi connectivity index (χ0v) is 16.2. The minimum atomic E-state index is -4.08. The number of nitrogens with zero attached hydrogens (tertiary/aromatic N) is 1. The summed E-state index contributed by atoms with van der Waals surface area (Å²) in [5, 5.41) is 0. The van der Waals surface area contributed by atoms with Gasteiger partial charge in [0.1, 0.15) is 0 Å². The largest absolute Gasteiger partial charge is 0.464 e. The average Bonchev–Trinajstić information content (AvgIpc) is 3.36. The molecule has 1 aliphatic rings. The third kappa shape index (κ3) is 2.96. The van der Waals surface area contributed by atoms with E-state index in [1.807, 2.05) is 6.92 Å². The molecule has 3 unspecified atom stereocenters. The van der Waals surface area contributed by atoms with Gasteiger partial charge in [0.25, 0.3) is 0 Å². The van der Waals surface area contributed by atoms with Gasteiger partial charge in [-0.1, -0.05) is 48.0 Å². The zero-order chi connectivity index (χ0) is 19.8. The van der Waals surface area contributed by atoms with E-state index in [-0.39, 0.29) is 11.5 Å². The lowest BCUT2D eigenvalue weighted by Crippen LogP contribution is -2.40. The molecule has 1 aliphatic heterocycles. The first-order chi connectivity index (χ1) is 12.8. The molecule has 2 aromatic carbocycles. The van der Waals surface area contributed by atoms with Gasteiger partial charge in [-0.3, -0.25) is 4.79 Å². The molecule has 0 N–H and O–H groups in total.